The van der Waals surface area contributed by atoms with Gasteiger partial charge in [0, 0.05) is 6.54 Å². The molecule has 114 valence electrons. The van der Waals surface area contributed by atoms with Gasteiger partial charge in [-0.2, -0.15) is 5.10 Å². The number of nitrogens with two attached hydrogens (primary N) is 1. The molecule has 20 heavy (non-hydrogen) atoms. The molecule has 1 fully saturated rings. The zero-order valence-corrected chi connectivity index (χ0v) is 12.9. The van der Waals surface area contributed by atoms with Crippen molar-refractivity contribution in [2.24, 2.45) is 17.7 Å². The van der Waals surface area contributed by atoms with Crippen LogP contribution < -0.4 is 11.3 Å². The van der Waals surface area contributed by atoms with Gasteiger partial charge in [-0.15, -0.1) is 0 Å². The lowest BCUT2D eigenvalue weighted by Crippen LogP contribution is -2.37. The summed E-state index contributed by atoms with van der Waals surface area (Å²) in [6, 6.07) is 0.143. The van der Waals surface area contributed by atoms with Crippen molar-refractivity contribution in [1.82, 2.24) is 20.2 Å². The Hall–Kier alpha value is -0.940. The third-order valence-electron chi connectivity index (χ3n) is 4.73. The molecule has 1 aliphatic carbocycles. The van der Waals surface area contributed by atoms with Crippen LogP contribution in [0.2, 0.25) is 0 Å². The number of nitrogens with one attached hydrogen (secondary N) is 1. The number of nitrogens with zero attached hydrogens (tertiary/aromatic N) is 3. The van der Waals surface area contributed by atoms with E-state index in [4.69, 9.17) is 5.84 Å². The maximum absolute atomic E-state index is 5.80. The van der Waals surface area contributed by atoms with Gasteiger partial charge in [-0.25, -0.2) is 15.1 Å². The maximum atomic E-state index is 5.80. The summed E-state index contributed by atoms with van der Waals surface area (Å²) < 4.78 is 1.95. The third kappa shape index (κ3) is 3.58. The second kappa shape index (κ2) is 7.74. The summed E-state index contributed by atoms with van der Waals surface area (Å²) >= 11 is 0. The Morgan fingerprint density at radius 2 is 2.10 bits per heavy atom. The van der Waals surface area contributed by atoms with Gasteiger partial charge in [0.15, 0.2) is 0 Å². The molecule has 1 aliphatic rings. The summed E-state index contributed by atoms with van der Waals surface area (Å²) in [6.45, 7) is 5.21. The highest BCUT2D eigenvalue weighted by molar-refractivity contribution is 4.98. The molecule has 1 aromatic rings. The average Bonchev–Trinajstić information content (AvgIpc) is 2.95. The van der Waals surface area contributed by atoms with Gasteiger partial charge in [0.25, 0.3) is 0 Å². The first-order chi connectivity index (χ1) is 9.80. The minimum atomic E-state index is 0.143. The molecule has 0 aliphatic heterocycles. The quantitative estimate of drug-likeness (QED) is 0.595. The van der Waals surface area contributed by atoms with E-state index in [9.17, 15) is 0 Å². The molecule has 5 heteroatoms. The fourth-order valence-corrected chi connectivity index (χ4v) is 3.48. The SMILES string of the molecule is CCCCC1CCC(C(NN)c2ncnn2CC)CC1. The molecule has 1 saturated carbocycles. The monoisotopic (exact) mass is 279 g/mol. The number of hydrogen-bond acceptors (Lipinski definition) is 4. The predicted molar refractivity (Wildman–Crippen MR) is 80.7 cm³/mol. The fraction of sp³-hybridized carbons (Fsp3) is 0.867. The Bertz CT molecular complexity index is 381. The smallest absolute Gasteiger partial charge is 0.145 e. The van der Waals surface area contributed by atoms with Crippen molar-refractivity contribution in [2.45, 2.75) is 71.4 Å². The molecular weight excluding hydrogens is 250 g/mol. The lowest BCUT2D eigenvalue weighted by atomic mass is 9.77. The average molecular weight is 279 g/mol. The van der Waals surface area contributed by atoms with Crippen LogP contribution in [0.4, 0.5) is 0 Å². The van der Waals surface area contributed by atoms with Crippen molar-refractivity contribution in [3.8, 4) is 0 Å². The molecule has 1 unspecified atom stereocenters. The van der Waals surface area contributed by atoms with Crippen LogP contribution in [-0.4, -0.2) is 14.8 Å². The maximum Gasteiger partial charge on any atom is 0.145 e. The van der Waals surface area contributed by atoms with Crippen LogP contribution in [0.5, 0.6) is 0 Å². The fourth-order valence-electron chi connectivity index (χ4n) is 3.48. The van der Waals surface area contributed by atoms with Crippen LogP contribution in [0.1, 0.15) is 70.7 Å². The molecule has 0 aromatic carbocycles. The Morgan fingerprint density at radius 1 is 1.35 bits per heavy atom. The summed E-state index contributed by atoms with van der Waals surface area (Å²) in [4.78, 5) is 4.41. The normalized spacial score (nSPS) is 24.8. The van der Waals surface area contributed by atoms with E-state index in [-0.39, 0.29) is 6.04 Å². The van der Waals surface area contributed by atoms with Gasteiger partial charge in [-0.1, -0.05) is 39.0 Å². The number of unbranched alkanes of at least 4 members (excludes halogenated alkanes) is 1. The lowest BCUT2D eigenvalue weighted by molar-refractivity contribution is 0.205. The van der Waals surface area contributed by atoms with Crippen molar-refractivity contribution in [3.05, 3.63) is 12.2 Å². The van der Waals surface area contributed by atoms with Gasteiger partial charge in [-0.3, -0.25) is 5.84 Å². The van der Waals surface area contributed by atoms with Gasteiger partial charge in [0.05, 0.1) is 6.04 Å². The predicted octanol–water partition coefficient (Wildman–Crippen LogP) is 2.80. The van der Waals surface area contributed by atoms with Crippen LogP contribution in [0, 0.1) is 11.8 Å². The molecule has 1 aromatic heterocycles. The molecule has 5 nitrogen and oxygen atoms in total. The molecule has 2 rings (SSSR count). The van der Waals surface area contributed by atoms with Crippen molar-refractivity contribution in [1.29, 1.82) is 0 Å². The molecule has 1 heterocycles. The second-order valence-corrected chi connectivity index (χ2v) is 6.00. The summed E-state index contributed by atoms with van der Waals surface area (Å²) in [6.07, 6.45) is 10.9. The van der Waals surface area contributed by atoms with E-state index in [2.05, 4.69) is 29.4 Å². The van der Waals surface area contributed by atoms with Crippen LogP contribution in [0.25, 0.3) is 0 Å². The largest absolute Gasteiger partial charge is 0.271 e. The minimum absolute atomic E-state index is 0.143. The van der Waals surface area contributed by atoms with E-state index in [0.29, 0.717) is 5.92 Å². The Kier molecular flexibility index (Phi) is 5.98. The summed E-state index contributed by atoms with van der Waals surface area (Å²) in [5, 5.41) is 4.26. The first-order valence-corrected chi connectivity index (χ1v) is 8.13. The second-order valence-electron chi connectivity index (χ2n) is 6.00. The first kappa shape index (κ1) is 15.4. The molecule has 0 bridgehead atoms. The third-order valence-corrected chi connectivity index (χ3v) is 4.73. The number of aromatic nitrogens is 3. The summed E-state index contributed by atoms with van der Waals surface area (Å²) in [5.41, 5.74) is 2.98. The Morgan fingerprint density at radius 3 is 2.70 bits per heavy atom. The lowest BCUT2D eigenvalue weighted by Gasteiger charge is -2.33. The van der Waals surface area contributed by atoms with E-state index >= 15 is 0 Å². The van der Waals surface area contributed by atoms with E-state index in [1.807, 2.05) is 4.68 Å². The molecule has 3 N–H and O–H groups in total. The van der Waals surface area contributed by atoms with Crippen LogP contribution in [-0.2, 0) is 6.54 Å². The van der Waals surface area contributed by atoms with Crippen LogP contribution in [0.15, 0.2) is 6.33 Å². The Balaban J connectivity index is 1.93. The Labute approximate surface area is 122 Å². The molecular formula is C15H29N5. The van der Waals surface area contributed by atoms with Crippen molar-refractivity contribution < 1.29 is 0 Å². The molecule has 0 amide bonds. The molecule has 1 atom stereocenters. The number of aryl methyl sites for hydroxylation is 1. The standard InChI is InChI=1S/C15H29N5/c1-3-5-6-12-7-9-13(10-8-12)14(19-16)15-17-11-18-20(15)4-2/h11-14,19H,3-10,16H2,1-2H3. The molecule has 0 saturated heterocycles. The van der Waals surface area contributed by atoms with Crippen LogP contribution in [0.3, 0.4) is 0 Å². The molecule has 0 spiro atoms. The van der Waals surface area contributed by atoms with Crippen molar-refractivity contribution >= 4 is 0 Å². The van der Waals surface area contributed by atoms with E-state index in [1.165, 1.54) is 44.9 Å². The highest BCUT2D eigenvalue weighted by Crippen LogP contribution is 2.37. The van der Waals surface area contributed by atoms with Crippen molar-refractivity contribution in [3.63, 3.8) is 0 Å². The highest BCUT2D eigenvalue weighted by Gasteiger charge is 2.30. The van der Waals surface area contributed by atoms with Gasteiger partial charge in [0.1, 0.15) is 12.2 Å². The number of hydrogen-bond donors (Lipinski definition) is 2. The topological polar surface area (TPSA) is 68.8 Å². The molecule has 0 radical (unpaired) electrons. The zero-order valence-electron chi connectivity index (χ0n) is 12.9. The zero-order chi connectivity index (χ0) is 14.4. The van der Waals surface area contributed by atoms with E-state index in [0.717, 1.165) is 18.3 Å². The van der Waals surface area contributed by atoms with E-state index in [1.54, 1.807) is 6.33 Å². The van der Waals surface area contributed by atoms with Gasteiger partial charge in [0.2, 0.25) is 0 Å². The van der Waals surface area contributed by atoms with Gasteiger partial charge < -0.3 is 0 Å². The number of hydrazine groups is 1. The van der Waals surface area contributed by atoms with Gasteiger partial charge >= 0.3 is 0 Å². The van der Waals surface area contributed by atoms with E-state index < -0.39 is 0 Å². The number of rotatable bonds is 7. The first-order valence-electron chi connectivity index (χ1n) is 8.13. The summed E-state index contributed by atoms with van der Waals surface area (Å²) in [5.74, 6) is 8.31. The highest BCUT2D eigenvalue weighted by atomic mass is 15.4. The van der Waals surface area contributed by atoms with Gasteiger partial charge in [-0.05, 0) is 31.6 Å². The minimum Gasteiger partial charge on any atom is -0.271 e. The van der Waals surface area contributed by atoms with Crippen LogP contribution >= 0.6 is 0 Å². The summed E-state index contributed by atoms with van der Waals surface area (Å²) in [7, 11) is 0. The van der Waals surface area contributed by atoms with Crippen molar-refractivity contribution in [2.75, 3.05) is 0 Å².